The lowest BCUT2D eigenvalue weighted by molar-refractivity contribution is -0.142. The minimum Gasteiger partial charge on any atom is -0.480 e. The Kier molecular flexibility index (Phi) is 10.5. The Labute approximate surface area is 133 Å². The van der Waals surface area contributed by atoms with Crippen molar-refractivity contribution in [3.63, 3.8) is 0 Å². The fourth-order valence-electron chi connectivity index (χ4n) is 2.61. The van der Waals surface area contributed by atoms with Gasteiger partial charge in [-0.05, 0) is 25.7 Å². The summed E-state index contributed by atoms with van der Waals surface area (Å²) in [5, 5.41) is 19.1. The van der Waals surface area contributed by atoms with Gasteiger partial charge in [0, 0.05) is 20.0 Å². The van der Waals surface area contributed by atoms with Crippen molar-refractivity contribution >= 4 is 11.9 Å². The van der Waals surface area contributed by atoms with Gasteiger partial charge in [-0.2, -0.15) is 0 Å². The minimum atomic E-state index is -0.773. The number of carbonyl (C=O) groups excluding carboxylic acids is 1. The summed E-state index contributed by atoms with van der Waals surface area (Å²) in [7, 11) is 0. The number of aliphatic hydroxyl groups is 1. The van der Waals surface area contributed by atoms with E-state index in [9.17, 15) is 19.8 Å². The molecule has 22 heavy (non-hydrogen) atoms. The molecule has 0 aromatic rings. The number of primary amides is 1. The van der Waals surface area contributed by atoms with Crippen molar-refractivity contribution in [1.29, 1.82) is 0 Å². The van der Waals surface area contributed by atoms with Crippen molar-refractivity contribution in [2.24, 2.45) is 11.7 Å². The number of hydrogen-bond donors (Lipinski definition) is 3. The van der Waals surface area contributed by atoms with Gasteiger partial charge in [0.2, 0.25) is 5.91 Å². The van der Waals surface area contributed by atoms with E-state index in [1.54, 1.807) is 0 Å². The number of carboxylic acid groups (broad SMARTS) is 1. The first-order chi connectivity index (χ1) is 10.3. The molecule has 1 heterocycles. The predicted octanol–water partition coefficient (Wildman–Crippen LogP) is 1.38. The number of amides is 1. The minimum absolute atomic E-state index is 0.300. The number of aliphatic hydroxyl groups excluding tert-OH is 1. The van der Waals surface area contributed by atoms with Crippen molar-refractivity contribution in [2.75, 3.05) is 13.1 Å². The summed E-state index contributed by atoms with van der Waals surface area (Å²) in [5.74, 6) is -0.806. The zero-order valence-electron chi connectivity index (χ0n) is 13.9. The van der Waals surface area contributed by atoms with Crippen LogP contribution in [0.2, 0.25) is 0 Å². The van der Waals surface area contributed by atoms with Crippen molar-refractivity contribution in [2.45, 2.75) is 58.6 Å². The van der Waals surface area contributed by atoms with Crippen LogP contribution in [0, 0.1) is 5.92 Å². The molecule has 128 valence electrons. The average Bonchev–Trinajstić information content (AvgIpc) is 2.79. The van der Waals surface area contributed by atoms with Gasteiger partial charge < -0.3 is 15.9 Å². The Morgan fingerprint density at radius 2 is 2.05 bits per heavy atom. The monoisotopic (exact) mass is 314 g/mol. The molecule has 0 bridgehead atoms. The highest BCUT2D eigenvalue weighted by atomic mass is 16.4. The normalized spacial score (nSPS) is 23.1. The number of carboxylic acids is 1. The number of nitrogens with two attached hydrogens (primary N) is 1. The van der Waals surface area contributed by atoms with Gasteiger partial charge in [-0.3, -0.25) is 14.5 Å². The van der Waals surface area contributed by atoms with Gasteiger partial charge in [-0.25, -0.2) is 0 Å². The highest BCUT2D eigenvalue weighted by molar-refractivity contribution is 5.74. The first kappa shape index (κ1) is 20.6. The summed E-state index contributed by atoms with van der Waals surface area (Å²) < 4.78 is 0. The fourth-order valence-corrected chi connectivity index (χ4v) is 2.61. The molecule has 3 atom stereocenters. The average molecular weight is 314 g/mol. The second-order valence-corrected chi connectivity index (χ2v) is 5.74. The van der Waals surface area contributed by atoms with E-state index in [1.807, 2.05) is 17.9 Å². The van der Waals surface area contributed by atoms with E-state index in [-0.39, 0.29) is 5.91 Å². The molecule has 0 aromatic carbocycles. The highest BCUT2D eigenvalue weighted by Gasteiger charge is 2.36. The topological polar surface area (TPSA) is 104 Å². The zero-order chi connectivity index (χ0) is 17.1. The van der Waals surface area contributed by atoms with Gasteiger partial charge in [0.15, 0.2) is 0 Å². The lowest BCUT2D eigenvalue weighted by Gasteiger charge is -2.23. The summed E-state index contributed by atoms with van der Waals surface area (Å²) in [5.41, 5.74) is 4.47. The van der Waals surface area contributed by atoms with Crippen LogP contribution in [0.4, 0.5) is 0 Å². The molecule has 1 rings (SSSR count). The fraction of sp³-hybridized carbons (Fsp3) is 0.750. The molecule has 6 nitrogen and oxygen atoms in total. The van der Waals surface area contributed by atoms with E-state index >= 15 is 0 Å². The van der Waals surface area contributed by atoms with E-state index in [1.165, 1.54) is 6.92 Å². The van der Waals surface area contributed by atoms with E-state index in [0.29, 0.717) is 18.9 Å². The summed E-state index contributed by atoms with van der Waals surface area (Å²) >= 11 is 0. The summed E-state index contributed by atoms with van der Waals surface area (Å²) in [6, 6.07) is -0.442. The zero-order valence-corrected chi connectivity index (χ0v) is 13.9. The summed E-state index contributed by atoms with van der Waals surface area (Å²) in [6.07, 6.45) is 7.09. The molecular weight excluding hydrogens is 284 g/mol. The van der Waals surface area contributed by atoms with E-state index in [4.69, 9.17) is 0 Å². The Bertz CT molecular complexity index is 367. The molecule has 1 fully saturated rings. The molecule has 0 aromatic heterocycles. The molecular formula is C16H30N2O4. The smallest absolute Gasteiger partial charge is 0.320 e. The molecule has 1 aliphatic heterocycles. The molecule has 0 aliphatic carbocycles. The van der Waals surface area contributed by atoms with Gasteiger partial charge in [0.05, 0.1) is 6.10 Å². The van der Waals surface area contributed by atoms with Crippen LogP contribution < -0.4 is 5.73 Å². The number of unbranched alkanes of at least 4 members (excludes halogenated alkanes) is 1. The largest absolute Gasteiger partial charge is 0.480 e. The Morgan fingerprint density at radius 1 is 1.45 bits per heavy atom. The number of aliphatic carboxylic acids is 1. The third-order valence-corrected chi connectivity index (χ3v) is 3.52. The molecule has 1 aliphatic rings. The number of β-amino-alcohol motifs (C(OH)–C–C–N with tert-alkyl or cyclic N) is 1. The van der Waals surface area contributed by atoms with Crippen LogP contribution in [0.15, 0.2) is 12.2 Å². The van der Waals surface area contributed by atoms with Crippen molar-refractivity contribution in [3.05, 3.63) is 12.2 Å². The third kappa shape index (κ3) is 8.79. The van der Waals surface area contributed by atoms with Crippen LogP contribution in [0.5, 0.6) is 0 Å². The van der Waals surface area contributed by atoms with E-state index in [0.717, 1.165) is 25.8 Å². The summed E-state index contributed by atoms with van der Waals surface area (Å²) in [4.78, 5) is 22.3. The van der Waals surface area contributed by atoms with E-state index < -0.39 is 18.1 Å². The van der Waals surface area contributed by atoms with Gasteiger partial charge in [-0.1, -0.05) is 31.9 Å². The number of likely N-dealkylation sites (tertiary alicyclic amines) is 1. The number of allylic oxidation sites excluding steroid dienone is 1. The first-order valence-electron chi connectivity index (χ1n) is 7.85. The number of carbonyl (C=O) groups is 2. The second-order valence-electron chi connectivity index (χ2n) is 5.74. The summed E-state index contributed by atoms with van der Waals surface area (Å²) in [6.45, 7) is 6.56. The van der Waals surface area contributed by atoms with Gasteiger partial charge in [0.25, 0.3) is 0 Å². The molecule has 1 unspecified atom stereocenters. The van der Waals surface area contributed by atoms with Crippen LogP contribution in [0.3, 0.4) is 0 Å². The van der Waals surface area contributed by atoms with Crippen LogP contribution >= 0.6 is 0 Å². The van der Waals surface area contributed by atoms with Crippen LogP contribution in [0.25, 0.3) is 0 Å². The SMILES string of the molecule is CC(N)=O.CC=C[C@@H]1C[C@H](C(=O)O)N(CC(O)CCCC)C1. The van der Waals surface area contributed by atoms with Crippen molar-refractivity contribution < 1.29 is 19.8 Å². The maximum Gasteiger partial charge on any atom is 0.320 e. The van der Waals surface area contributed by atoms with Gasteiger partial charge in [-0.15, -0.1) is 0 Å². The Balaban J connectivity index is 0.000000980. The highest BCUT2D eigenvalue weighted by Crippen LogP contribution is 2.25. The molecule has 0 saturated carbocycles. The lowest BCUT2D eigenvalue weighted by atomic mass is 10.1. The third-order valence-electron chi connectivity index (χ3n) is 3.52. The van der Waals surface area contributed by atoms with Crippen LogP contribution in [-0.2, 0) is 9.59 Å². The maximum atomic E-state index is 11.2. The molecule has 1 saturated heterocycles. The number of hydrogen-bond acceptors (Lipinski definition) is 4. The Hall–Kier alpha value is -1.40. The molecule has 6 heteroatoms. The molecule has 4 N–H and O–H groups in total. The van der Waals surface area contributed by atoms with Gasteiger partial charge in [0.1, 0.15) is 6.04 Å². The molecule has 0 spiro atoms. The van der Waals surface area contributed by atoms with Gasteiger partial charge >= 0.3 is 5.97 Å². The molecule has 0 radical (unpaired) electrons. The number of nitrogens with zero attached hydrogens (tertiary/aromatic N) is 1. The quantitative estimate of drug-likeness (QED) is 0.616. The predicted molar refractivity (Wildman–Crippen MR) is 86.3 cm³/mol. The van der Waals surface area contributed by atoms with E-state index in [2.05, 4.69) is 18.7 Å². The maximum absolute atomic E-state index is 11.2. The van der Waals surface area contributed by atoms with Crippen molar-refractivity contribution in [1.82, 2.24) is 4.90 Å². The lowest BCUT2D eigenvalue weighted by Crippen LogP contribution is -2.40. The van der Waals surface area contributed by atoms with Crippen LogP contribution in [0.1, 0.15) is 46.5 Å². The Morgan fingerprint density at radius 3 is 2.50 bits per heavy atom. The van der Waals surface area contributed by atoms with Crippen LogP contribution in [-0.4, -0.2) is 52.2 Å². The van der Waals surface area contributed by atoms with Crippen molar-refractivity contribution in [3.8, 4) is 0 Å². The standard InChI is InChI=1S/C14H25NO3.C2H5NO/c1-3-5-7-12(16)10-15-9-11(6-4-2)8-13(15)14(17)18;1-2(3)4/h4,6,11-13,16H,3,5,7-10H2,1-2H3,(H,17,18);1H3,(H2,3,4)/t11-,12?,13-;/m1./s1. The first-order valence-corrected chi connectivity index (χ1v) is 7.85. The second kappa shape index (κ2) is 11.2. The number of rotatable bonds is 7. The molecule has 1 amide bonds.